The van der Waals surface area contributed by atoms with Crippen LogP contribution in [0.5, 0.6) is 0 Å². The minimum Gasteiger partial charge on any atom is -0.320 e. The number of benzene rings is 1. The molecule has 0 saturated heterocycles. The topological polar surface area (TPSA) is 85.0 Å². The van der Waals surface area contributed by atoms with Gasteiger partial charge in [-0.05, 0) is 17.2 Å². The molecule has 1 aromatic heterocycles. The van der Waals surface area contributed by atoms with Crippen molar-refractivity contribution in [3.05, 3.63) is 42.1 Å². The lowest BCUT2D eigenvalue weighted by Gasteiger charge is -2.02. The smallest absolute Gasteiger partial charge is 0.302 e. The Kier molecular flexibility index (Phi) is 4.47. The van der Waals surface area contributed by atoms with Crippen LogP contribution in [0.4, 0.5) is 5.88 Å². The molecule has 3 N–H and O–H groups in total. The van der Waals surface area contributed by atoms with Crippen LogP contribution in [-0.4, -0.2) is 17.2 Å². The van der Waals surface area contributed by atoms with E-state index in [1.54, 1.807) is 17.8 Å². The van der Waals surface area contributed by atoms with Crippen molar-refractivity contribution in [1.29, 1.82) is 0 Å². The summed E-state index contributed by atoms with van der Waals surface area (Å²) in [6.07, 6.45) is 2.49. The summed E-state index contributed by atoms with van der Waals surface area (Å²) in [5, 5.41) is 6.48. The second-order valence-electron chi connectivity index (χ2n) is 4.86. The van der Waals surface area contributed by atoms with E-state index in [2.05, 4.69) is 22.7 Å². The number of hydrogen-bond donors (Lipinski definition) is 2. The van der Waals surface area contributed by atoms with Crippen LogP contribution < -0.4 is 15.7 Å². The van der Waals surface area contributed by atoms with E-state index in [0.29, 0.717) is 5.88 Å². The van der Waals surface area contributed by atoms with Crippen LogP contribution in [0.2, 0.25) is 0 Å². The van der Waals surface area contributed by atoms with Crippen LogP contribution in [0.15, 0.2) is 41.1 Å². The first-order valence-electron chi connectivity index (χ1n) is 6.55. The molecule has 2 aromatic rings. The molecule has 106 valence electrons. The molecule has 2 unspecified atom stereocenters. The predicted molar refractivity (Wildman–Crippen MR) is 73.8 cm³/mol. The fraction of sp³-hybridized carbons (Fsp3) is 0.357. The first-order chi connectivity index (χ1) is 9.56. The second kappa shape index (κ2) is 6.29. The number of nitrogens with zero attached hydrogens (tertiary/aromatic N) is 2. The van der Waals surface area contributed by atoms with Gasteiger partial charge in [-0.15, -0.1) is 0 Å². The first kappa shape index (κ1) is 14.2. The molecule has 2 rings (SSSR count). The van der Waals surface area contributed by atoms with Crippen molar-refractivity contribution in [3.63, 3.8) is 0 Å². The number of rotatable bonds is 5. The molecular weight excluding hydrogens is 256 g/mol. The summed E-state index contributed by atoms with van der Waals surface area (Å²) in [5.74, 6) is -0.00350. The maximum atomic E-state index is 11.4. The number of anilines is 1. The minimum absolute atomic E-state index is 0.127. The van der Waals surface area contributed by atoms with Crippen LogP contribution in [-0.2, 0) is 11.2 Å². The highest BCUT2D eigenvalue weighted by atomic mass is 16.5. The molecule has 0 aliphatic carbocycles. The Balaban J connectivity index is 1.99. The Hall–Kier alpha value is -2.21. The van der Waals surface area contributed by atoms with Crippen LogP contribution in [0.1, 0.15) is 25.5 Å². The first-order valence-corrected chi connectivity index (χ1v) is 6.55. The monoisotopic (exact) mass is 275 g/mol. The fourth-order valence-corrected chi connectivity index (χ4v) is 1.81. The zero-order chi connectivity index (χ0) is 14.5. The van der Waals surface area contributed by atoms with Crippen molar-refractivity contribution in [3.8, 4) is 0 Å². The normalized spacial score (nSPS) is 13.8. The molecule has 6 nitrogen and oxygen atoms in total. The van der Waals surface area contributed by atoms with Gasteiger partial charge in [0.2, 0.25) is 11.2 Å². The van der Waals surface area contributed by atoms with Crippen molar-refractivity contribution in [1.82, 2.24) is 5.27 Å². The van der Waals surface area contributed by atoms with Crippen molar-refractivity contribution in [2.24, 2.45) is 5.73 Å². The third-order valence-corrected chi connectivity index (χ3v) is 2.97. The largest absolute Gasteiger partial charge is 0.320 e. The Bertz CT molecular complexity index is 566. The molecule has 1 heterocycles. The van der Waals surface area contributed by atoms with Crippen molar-refractivity contribution in [2.45, 2.75) is 32.4 Å². The van der Waals surface area contributed by atoms with Crippen LogP contribution >= 0.6 is 0 Å². The lowest BCUT2D eigenvalue weighted by atomic mass is 10.1. The second-order valence-corrected chi connectivity index (χ2v) is 4.86. The number of hydrogen-bond acceptors (Lipinski definition) is 4. The highest BCUT2D eigenvalue weighted by Crippen LogP contribution is 2.09. The van der Waals surface area contributed by atoms with E-state index in [-0.39, 0.29) is 11.9 Å². The molecule has 2 atom stereocenters. The molecule has 0 radical (unpaired) electrons. The summed E-state index contributed by atoms with van der Waals surface area (Å²) in [5.41, 5.74) is 6.69. The molecule has 6 heteroatoms. The zero-order valence-electron chi connectivity index (χ0n) is 11.6. The third kappa shape index (κ3) is 3.64. The van der Waals surface area contributed by atoms with Gasteiger partial charge in [0.1, 0.15) is 0 Å². The molecule has 0 saturated carbocycles. The van der Waals surface area contributed by atoms with E-state index >= 15 is 0 Å². The van der Waals surface area contributed by atoms with E-state index in [1.165, 1.54) is 5.56 Å². The number of aromatic nitrogens is 2. The Labute approximate surface area is 117 Å². The SMILES string of the molecule is CC(N)C(=O)Nc1c[n+](C(C)Cc2ccccc2)no1. The molecule has 0 fully saturated rings. The number of nitrogens with one attached hydrogen (secondary N) is 1. The lowest BCUT2D eigenvalue weighted by molar-refractivity contribution is -0.782. The van der Waals surface area contributed by atoms with Crippen LogP contribution in [0.25, 0.3) is 0 Å². The number of carbonyl (C=O) groups is 1. The summed E-state index contributed by atoms with van der Waals surface area (Å²) < 4.78 is 6.75. The van der Waals surface area contributed by atoms with Gasteiger partial charge in [-0.25, -0.2) is 0 Å². The Morgan fingerprint density at radius 1 is 1.40 bits per heavy atom. The summed E-state index contributed by atoms with van der Waals surface area (Å²) >= 11 is 0. The maximum absolute atomic E-state index is 11.4. The van der Waals surface area contributed by atoms with Crippen LogP contribution in [0.3, 0.4) is 0 Å². The van der Waals surface area contributed by atoms with Crippen LogP contribution in [0, 0.1) is 0 Å². The molecule has 1 aromatic carbocycles. The molecule has 0 aliphatic rings. The van der Waals surface area contributed by atoms with Crippen molar-refractivity contribution < 1.29 is 14.0 Å². The Morgan fingerprint density at radius 2 is 2.10 bits per heavy atom. The van der Waals surface area contributed by atoms with Crippen molar-refractivity contribution in [2.75, 3.05) is 5.32 Å². The molecule has 1 amide bonds. The lowest BCUT2D eigenvalue weighted by Crippen LogP contribution is -2.40. The third-order valence-electron chi connectivity index (χ3n) is 2.97. The van der Waals surface area contributed by atoms with Gasteiger partial charge >= 0.3 is 5.88 Å². The molecule has 0 spiro atoms. The summed E-state index contributed by atoms with van der Waals surface area (Å²) in [6, 6.07) is 9.66. The zero-order valence-corrected chi connectivity index (χ0v) is 11.6. The van der Waals surface area contributed by atoms with Gasteiger partial charge in [0.25, 0.3) is 6.20 Å². The van der Waals surface area contributed by atoms with Gasteiger partial charge < -0.3 is 5.73 Å². The average molecular weight is 275 g/mol. The quantitative estimate of drug-likeness (QED) is 0.799. The number of amides is 1. The van der Waals surface area contributed by atoms with E-state index in [4.69, 9.17) is 10.3 Å². The molecule has 20 heavy (non-hydrogen) atoms. The van der Waals surface area contributed by atoms with Gasteiger partial charge in [0.05, 0.1) is 6.04 Å². The summed E-state index contributed by atoms with van der Waals surface area (Å²) in [4.78, 5) is 11.4. The molecule has 0 bridgehead atoms. The van der Waals surface area contributed by atoms with E-state index in [1.807, 2.05) is 25.1 Å². The highest BCUT2D eigenvalue weighted by molar-refractivity contribution is 5.92. The predicted octanol–water partition coefficient (Wildman–Crippen LogP) is 1.05. The van der Waals surface area contributed by atoms with Gasteiger partial charge in [-0.1, -0.05) is 30.3 Å². The van der Waals surface area contributed by atoms with E-state index in [9.17, 15) is 4.79 Å². The van der Waals surface area contributed by atoms with Gasteiger partial charge in [0, 0.05) is 13.3 Å². The standard InChI is InChI=1S/C14H18N4O2/c1-10(8-12-6-4-3-5-7-12)18-9-13(20-17-18)16-14(19)11(2)15/h3-7,9-11H,8,15H2,1-2H3/p+1. The number of carbonyl (C=O) groups excluding carboxylic acids is 1. The summed E-state index contributed by atoms with van der Waals surface area (Å²) in [6.45, 7) is 3.64. The fourth-order valence-electron chi connectivity index (χ4n) is 1.81. The Morgan fingerprint density at radius 3 is 2.75 bits per heavy atom. The van der Waals surface area contributed by atoms with E-state index < -0.39 is 6.04 Å². The molecule has 0 aliphatic heterocycles. The van der Waals surface area contributed by atoms with Crippen molar-refractivity contribution >= 4 is 11.8 Å². The highest BCUT2D eigenvalue weighted by Gasteiger charge is 2.21. The molecular formula is C14H19N4O2+. The average Bonchev–Trinajstić information content (AvgIpc) is 2.88. The summed E-state index contributed by atoms with van der Waals surface area (Å²) in [7, 11) is 0. The minimum atomic E-state index is -0.588. The van der Waals surface area contributed by atoms with Gasteiger partial charge in [-0.2, -0.15) is 0 Å². The van der Waals surface area contributed by atoms with E-state index in [0.717, 1.165) is 6.42 Å². The van der Waals surface area contributed by atoms with Gasteiger partial charge in [-0.3, -0.25) is 14.6 Å². The van der Waals surface area contributed by atoms with Gasteiger partial charge in [0.15, 0.2) is 6.04 Å². The maximum Gasteiger partial charge on any atom is 0.302 e. The number of nitrogens with two attached hydrogens (primary N) is 1.